The number of amides is 2. The van der Waals surface area contributed by atoms with Gasteiger partial charge >= 0.3 is 0 Å². The number of benzene rings is 1. The van der Waals surface area contributed by atoms with Gasteiger partial charge in [0.05, 0.1) is 6.33 Å². The van der Waals surface area contributed by atoms with E-state index in [-0.39, 0.29) is 11.8 Å². The predicted molar refractivity (Wildman–Crippen MR) is 94.1 cm³/mol. The zero-order valence-electron chi connectivity index (χ0n) is 14.7. The molecule has 2 bridgehead atoms. The van der Waals surface area contributed by atoms with Crippen molar-refractivity contribution >= 4 is 11.8 Å². The van der Waals surface area contributed by atoms with Crippen LogP contribution < -0.4 is 10.5 Å². The lowest BCUT2D eigenvalue weighted by molar-refractivity contribution is -0.175. The van der Waals surface area contributed by atoms with Gasteiger partial charge in [0, 0.05) is 37.8 Å². The van der Waals surface area contributed by atoms with Gasteiger partial charge in [-0.05, 0) is 25.0 Å². The molecule has 26 heavy (non-hydrogen) atoms. The fourth-order valence-corrected chi connectivity index (χ4v) is 4.21. The molecule has 2 N–H and O–H groups in total. The van der Waals surface area contributed by atoms with E-state index in [4.69, 9.17) is 10.5 Å². The molecule has 1 saturated heterocycles. The van der Waals surface area contributed by atoms with Gasteiger partial charge in [-0.2, -0.15) is 0 Å². The number of carbonyl (C=O) groups is 2. The Labute approximate surface area is 151 Å². The molecule has 2 aliphatic rings. The van der Waals surface area contributed by atoms with Crippen molar-refractivity contribution in [2.24, 2.45) is 11.7 Å². The first-order valence-electron chi connectivity index (χ1n) is 8.84. The number of ether oxygens (including phenoxy) is 1. The summed E-state index contributed by atoms with van der Waals surface area (Å²) in [4.78, 5) is 30.9. The number of fused-ring (bicyclic) bond motifs is 4. The van der Waals surface area contributed by atoms with Crippen molar-refractivity contribution < 1.29 is 14.3 Å². The quantitative estimate of drug-likeness (QED) is 0.824. The molecular formula is C19H22N4O3. The normalized spacial score (nSPS) is 27.0. The molecule has 2 amide bonds. The summed E-state index contributed by atoms with van der Waals surface area (Å²) in [5, 5.41) is 0. The number of carbonyl (C=O) groups excluding carboxylic acids is 2. The molecule has 7 nitrogen and oxygen atoms in total. The molecule has 1 aromatic heterocycles. The molecule has 2 aliphatic heterocycles. The molecule has 0 unspecified atom stereocenters. The highest BCUT2D eigenvalue weighted by Crippen LogP contribution is 2.49. The van der Waals surface area contributed by atoms with Crippen molar-refractivity contribution in [1.82, 2.24) is 14.5 Å². The number of nitrogens with two attached hydrogens (primary N) is 1. The topological polar surface area (TPSA) is 90.5 Å². The SMILES string of the molecule is C[C@@]12C[C@@H](c3ccccc3O1)[C@@H](C(N)=O)C(=O)N2CCCn1ccnc1. The minimum absolute atomic E-state index is 0.236. The number of rotatable bonds is 5. The van der Waals surface area contributed by atoms with Crippen molar-refractivity contribution in [2.45, 2.75) is 38.0 Å². The van der Waals surface area contributed by atoms with E-state index >= 15 is 0 Å². The molecule has 7 heteroatoms. The number of piperidine rings is 1. The van der Waals surface area contributed by atoms with Crippen LogP contribution in [0.15, 0.2) is 43.0 Å². The molecule has 2 aromatic rings. The standard InChI is InChI=1S/C19H22N4O3/c1-19-11-14(13-5-2-3-6-15(13)26-19)16(17(20)24)18(25)23(19)9-4-8-22-10-7-21-12-22/h2-3,5-7,10,12,14,16H,4,8-9,11H2,1H3,(H2,20,24)/t14-,16-,19-/m0/s1. The number of primary amides is 1. The first kappa shape index (κ1) is 16.6. The molecule has 0 aliphatic carbocycles. The maximum absolute atomic E-state index is 13.1. The van der Waals surface area contributed by atoms with Gasteiger partial charge in [-0.25, -0.2) is 4.98 Å². The number of imidazole rings is 1. The Balaban J connectivity index is 1.63. The largest absolute Gasteiger partial charge is 0.468 e. The highest BCUT2D eigenvalue weighted by molar-refractivity contribution is 6.01. The van der Waals surface area contributed by atoms with E-state index in [1.54, 1.807) is 17.4 Å². The summed E-state index contributed by atoms with van der Waals surface area (Å²) in [5.74, 6) is -1.17. The van der Waals surface area contributed by atoms with Crippen LogP contribution in [0.2, 0.25) is 0 Å². The van der Waals surface area contributed by atoms with Crippen molar-refractivity contribution in [3.8, 4) is 5.75 Å². The third-order valence-corrected chi connectivity index (χ3v) is 5.42. The average Bonchev–Trinajstić information content (AvgIpc) is 3.10. The summed E-state index contributed by atoms with van der Waals surface area (Å²) in [6, 6.07) is 7.59. The zero-order valence-corrected chi connectivity index (χ0v) is 14.7. The summed E-state index contributed by atoms with van der Waals surface area (Å²) in [5.41, 5.74) is 5.74. The maximum Gasteiger partial charge on any atom is 0.238 e. The van der Waals surface area contributed by atoms with Crippen LogP contribution in [0.3, 0.4) is 0 Å². The van der Waals surface area contributed by atoms with Crippen LogP contribution in [0.4, 0.5) is 0 Å². The van der Waals surface area contributed by atoms with Gasteiger partial charge in [0.2, 0.25) is 11.8 Å². The summed E-state index contributed by atoms with van der Waals surface area (Å²) in [7, 11) is 0. The van der Waals surface area contributed by atoms with Crippen LogP contribution in [-0.4, -0.2) is 38.5 Å². The molecule has 0 saturated carbocycles. The van der Waals surface area contributed by atoms with Crippen molar-refractivity contribution in [3.63, 3.8) is 0 Å². The van der Waals surface area contributed by atoms with Crippen LogP contribution in [0, 0.1) is 5.92 Å². The predicted octanol–water partition coefficient (Wildman–Crippen LogP) is 1.50. The lowest BCUT2D eigenvalue weighted by Crippen LogP contribution is -2.64. The molecule has 3 atom stereocenters. The van der Waals surface area contributed by atoms with E-state index in [0.717, 1.165) is 24.3 Å². The summed E-state index contributed by atoms with van der Waals surface area (Å²) >= 11 is 0. The van der Waals surface area contributed by atoms with E-state index in [0.29, 0.717) is 13.0 Å². The van der Waals surface area contributed by atoms with Crippen LogP contribution >= 0.6 is 0 Å². The zero-order chi connectivity index (χ0) is 18.3. The van der Waals surface area contributed by atoms with E-state index in [2.05, 4.69) is 4.98 Å². The van der Waals surface area contributed by atoms with Crippen LogP contribution in [0.5, 0.6) is 5.75 Å². The first-order valence-corrected chi connectivity index (χ1v) is 8.84. The van der Waals surface area contributed by atoms with Crippen molar-refractivity contribution in [1.29, 1.82) is 0 Å². The minimum Gasteiger partial charge on any atom is -0.468 e. The summed E-state index contributed by atoms with van der Waals surface area (Å²) in [6.45, 7) is 3.15. The minimum atomic E-state index is -0.846. The number of aryl methyl sites for hydroxylation is 1. The van der Waals surface area contributed by atoms with Gasteiger partial charge in [-0.15, -0.1) is 0 Å². The van der Waals surface area contributed by atoms with Crippen LogP contribution in [0.25, 0.3) is 0 Å². The van der Waals surface area contributed by atoms with Gasteiger partial charge in [0.15, 0.2) is 5.72 Å². The smallest absolute Gasteiger partial charge is 0.238 e. The van der Waals surface area contributed by atoms with Gasteiger partial charge < -0.3 is 19.9 Å². The Bertz CT molecular complexity index is 835. The van der Waals surface area contributed by atoms with Gasteiger partial charge in [0.25, 0.3) is 0 Å². The molecule has 1 fully saturated rings. The highest BCUT2D eigenvalue weighted by Gasteiger charge is 2.55. The highest BCUT2D eigenvalue weighted by atomic mass is 16.5. The average molecular weight is 354 g/mol. The molecule has 0 radical (unpaired) electrons. The number of likely N-dealkylation sites (tertiary alicyclic amines) is 1. The lowest BCUT2D eigenvalue weighted by Gasteiger charge is -2.52. The number of para-hydroxylation sites is 1. The third kappa shape index (κ3) is 2.64. The summed E-state index contributed by atoms with van der Waals surface area (Å²) < 4.78 is 8.18. The number of nitrogens with zero attached hydrogens (tertiary/aromatic N) is 3. The second kappa shape index (κ2) is 6.16. The third-order valence-electron chi connectivity index (χ3n) is 5.42. The van der Waals surface area contributed by atoms with Gasteiger partial charge in [-0.3, -0.25) is 9.59 Å². The number of aromatic nitrogens is 2. The monoisotopic (exact) mass is 354 g/mol. The van der Waals surface area contributed by atoms with Gasteiger partial charge in [0.1, 0.15) is 11.7 Å². The van der Waals surface area contributed by atoms with Crippen molar-refractivity contribution in [3.05, 3.63) is 48.5 Å². The maximum atomic E-state index is 13.1. The van der Waals surface area contributed by atoms with Crippen molar-refractivity contribution in [2.75, 3.05) is 6.54 Å². The van der Waals surface area contributed by atoms with Crippen LogP contribution in [0.1, 0.15) is 31.2 Å². The molecule has 0 spiro atoms. The first-order chi connectivity index (χ1) is 12.5. The Morgan fingerprint density at radius 3 is 2.92 bits per heavy atom. The summed E-state index contributed by atoms with van der Waals surface area (Å²) in [6.07, 6.45) is 6.65. The molecule has 4 rings (SSSR count). The number of hydrogen-bond acceptors (Lipinski definition) is 4. The second-order valence-electron chi connectivity index (χ2n) is 7.15. The van der Waals surface area contributed by atoms with Gasteiger partial charge in [-0.1, -0.05) is 18.2 Å². The molecule has 1 aromatic carbocycles. The molecular weight excluding hydrogens is 332 g/mol. The fourth-order valence-electron chi connectivity index (χ4n) is 4.21. The van der Waals surface area contributed by atoms with E-state index < -0.39 is 17.6 Å². The fraction of sp³-hybridized carbons (Fsp3) is 0.421. The van der Waals surface area contributed by atoms with Crippen LogP contribution in [-0.2, 0) is 16.1 Å². The second-order valence-corrected chi connectivity index (χ2v) is 7.15. The van der Waals surface area contributed by atoms with E-state index in [9.17, 15) is 9.59 Å². The number of hydrogen-bond donors (Lipinski definition) is 1. The Kier molecular flexibility index (Phi) is 3.94. The Hall–Kier alpha value is -2.83. The van der Waals surface area contributed by atoms with E-state index in [1.165, 1.54) is 0 Å². The Morgan fingerprint density at radius 2 is 2.19 bits per heavy atom. The van der Waals surface area contributed by atoms with E-state index in [1.807, 2.05) is 42.0 Å². The Morgan fingerprint density at radius 1 is 1.38 bits per heavy atom. The lowest BCUT2D eigenvalue weighted by atomic mass is 9.73. The molecule has 136 valence electrons. The molecule has 3 heterocycles.